The number of hydrogen-bond donors (Lipinski definition) is 1. The molecular weight excluding hydrogens is 512 g/mol. The van der Waals surface area contributed by atoms with E-state index in [-0.39, 0.29) is 18.1 Å². The zero-order valence-corrected chi connectivity index (χ0v) is 26.5. The van der Waals surface area contributed by atoms with Gasteiger partial charge in [-0.2, -0.15) is 0 Å². The van der Waals surface area contributed by atoms with Crippen LogP contribution >= 0.6 is 0 Å². The average molecular weight is 569 g/mol. The van der Waals surface area contributed by atoms with Gasteiger partial charge in [-0.3, -0.25) is 9.59 Å². The molecule has 6 aliphatic rings. The summed E-state index contributed by atoms with van der Waals surface area (Å²) in [5, 5.41) is 10.3. The highest BCUT2D eigenvalue weighted by atomic mass is 16.5. The highest BCUT2D eigenvalue weighted by Crippen LogP contribution is 2.67. The molecule has 6 nitrogen and oxygen atoms in total. The number of rotatable bonds is 5. The van der Waals surface area contributed by atoms with E-state index in [2.05, 4.69) is 31.7 Å². The number of fused-ring (bicyclic) bond motifs is 5. The number of allylic oxidation sites excluding steroid dienone is 1. The average Bonchev–Trinajstić information content (AvgIpc) is 3.31. The van der Waals surface area contributed by atoms with Gasteiger partial charge in [0, 0.05) is 32.1 Å². The molecule has 0 aromatic rings. The van der Waals surface area contributed by atoms with Crippen LogP contribution < -0.4 is 0 Å². The van der Waals surface area contributed by atoms with Crippen LogP contribution in [0.5, 0.6) is 0 Å². The van der Waals surface area contributed by atoms with Crippen LogP contribution in [0.1, 0.15) is 112 Å². The summed E-state index contributed by atoms with van der Waals surface area (Å²) >= 11 is 0. The van der Waals surface area contributed by atoms with Crippen LogP contribution in [-0.2, 0) is 14.3 Å². The summed E-state index contributed by atoms with van der Waals surface area (Å²) in [7, 11) is 0. The Morgan fingerprint density at radius 3 is 2.54 bits per heavy atom. The number of piperidine rings is 1. The smallest absolute Gasteiger partial charge is 0.254 e. The number of carbonyl (C=O) groups excluding carboxylic acids is 2. The van der Waals surface area contributed by atoms with E-state index in [0.717, 1.165) is 69.4 Å². The van der Waals surface area contributed by atoms with Gasteiger partial charge in [-0.25, -0.2) is 0 Å². The number of aliphatic hydroxyl groups is 1. The van der Waals surface area contributed by atoms with Crippen molar-refractivity contribution < 1.29 is 19.4 Å². The molecular formula is C35H56N2O4. The fraction of sp³-hybridized carbons (Fsp3) is 0.886. The molecule has 0 bridgehead atoms. The number of aliphatic hydroxyl groups excluding tert-OH is 1. The van der Waals surface area contributed by atoms with Crippen molar-refractivity contribution in [2.24, 2.45) is 40.4 Å². The molecule has 0 unspecified atom stereocenters. The van der Waals surface area contributed by atoms with Crippen molar-refractivity contribution in [1.82, 2.24) is 9.80 Å². The quantitative estimate of drug-likeness (QED) is 0.415. The second-order valence-electron chi connectivity index (χ2n) is 15.9. The van der Waals surface area contributed by atoms with Crippen LogP contribution in [0.3, 0.4) is 0 Å². The van der Waals surface area contributed by atoms with Crippen molar-refractivity contribution in [2.45, 2.75) is 129 Å². The first-order chi connectivity index (χ1) is 19.4. The lowest BCUT2D eigenvalue weighted by atomic mass is 9.47. The fourth-order valence-electron chi connectivity index (χ4n) is 11.0. The van der Waals surface area contributed by atoms with Crippen LogP contribution in [0.15, 0.2) is 11.6 Å². The lowest BCUT2D eigenvalue weighted by Crippen LogP contribution is -2.58. The van der Waals surface area contributed by atoms with E-state index in [1.54, 1.807) is 5.57 Å². The number of nitrogens with zero attached hydrogens (tertiary/aromatic N) is 2. The Kier molecular flexibility index (Phi) is 7.92. The molecule has 6 heteroatoms. The molecule has 4 aliphatic carbocycles. The van der Waals surface area contributed by atoms with Crippen molar-refractivity contribution in [3.8, 4) is 0 Å². The van der Waals surface area contributed by atoms with Gasteiger partial charge in [-0.05, 0) is 125 Å². The summed E-state index contributed by atoms with van der Waals surface area (Å²) < 4.78 is 5.68. The van der Waals surface area contributed by atoms with Gasteiger partial charge in [0.1, 0.15) is 5.60 Å². The first-order valence-corrected chi connectivity index (χ1v) is 17.0. The first-order valence-electron chi connectivity index (χ1n) is 17.0. The topological polar surface area (TPSA) is 70.1 Å². The standard InChI is InChI=1S/C35H56N2O4/c1-23(6-11-31(39)36-18-14-25(15-19-36)37-20-21-41-33(2,3)32(37)40)28-9-10-29-27-8-7-24-22-26(38)12-16-34(24,4)30(27)13-17-35(28,29)5/h7,23,25-30,38H,6,8-22H2,1-5H3/t23-,26+,27+,28-,29+,30+,34+,35-/m1/s1. The van der Waals surface area contributed by atoms with Crippen molar-refractivity contribution in [1.29, 1.82) is 0 Å². The molecule has 2 amide bonds. The highest BCUT2D eigenvalue weighted by molar-refractivity contribution is 5.85. The van der Waals surface area contributed by atoms with E-state index >= 15 is 0 Å². The lowest BCUT2D eigenvalue weighted by Gasteiger charge is -2.58. The number of likely N-dealkylation sites (tertiary alicyclic amines) is 1. The second-order valence-corrected chi connectivity index (χ2v) is 15.9. The zero-order chi connectivity index (χ0) is 29.2. The Morgan fingerprint density at radius 2 is 1.78 bits per heavy atom. The first kappa shape index (κ1) is 29.7. The monoisotopic (exact) mass is 568 g/mol. The minimum absolute atomic E-state index is 0.0936. The summed E-state index contributed by atoms with van der Waals surface area (Å²) in [6.07, 6.45) is 15.4. The third-order valence-electron chi connectivity index (χ3n) is 13.5. The summed E-state index contributed by atoms with van der Waals surface area (Å²) in [5.74, 6) is 4.08. The molecule has 0 radical (unpaired) electrons. The maximum Gasteiger partial charge on any atom is 0.254 e. The van der Waals surface area contributed by atoms with E-state index in [1.165, 1.54) is 32.1 Å². The van der Waals surface area contributed by atoms with Crippen molar-refractivity contribution in [3.05, 3.63) is 11.6 Å². The Hall–Kier alpha value is -1.40. The molecule has 0 aromatic carbocycles. The van der Waals surface area contributed by atoms with Crippen LogP contribution in [0, 0.1) is 40.4 Å². The van der Waals surface area contributed by atoms with Gasteiger partial charge >= 0.3 is 0 Å². The van der Waals surface area contributed by atoms with Gasteiger partial charge < -0.3 is 19.6 Å². The molecule has 0 aromatic heterocycles. The highest BCUT2D eigenvalue weighted by Gasteiger charge is 2.59. The SMILES string of the molecule is C[C@H](CCC(=O)N1CCC(N2CCOC(C)(C)C2=O)CC1)[C@H]1CC[C@H]2[C@@H]3CC=C4C[C@@H](O)CC[C@]4(C)[C@H]3CC[C@]12C. The minimum Gasteiger partial charge on any atom is -0.393 e. The maximum absolute atomic E-state index is 13.3. The minimum atomic E-state index is -0.732. The molecule has 2 aliphatic heterocycles. The number of morpholine rings is 1. The van der Waals surface area contributed by atoms with E-state index in [0.29, 0.717) is 48.1 Å². The summed E-state index contributed by atoms with van der Waals surface area (Å²) in [6, 6.07) is 0.228. The molecule has 2 saturated heterocycles. The zero-order valence-electron chi connectivity index (χ0n) is 26.5. The molecule has 41 heavy (non-hydrogen) atoms. The van der Waals surface area contributed by atoms with Crippen molar-refractivity contribution >= 4 is 11.8 Å². The van der Waals surface area contributed by atoms with Crippen LogP contribution in [-0.4, -0.2) is 70.7 Å². The largest absolute Gasteiger partial charge is 0.393 e. The molecule has 0 spiro atoms. The second kappa shape index (κ2) is 10.9. The summed E-state index contributed by atoms with van der Waals surface area (Å²) in [5.41, 5.74) is 1.53. The summed E-state index contributed by atoms with van der Waals surface area (Å²) in [4.78, 5) is 30.3. The molecule has 2 heterocycles. The molecule has 1 N–H and O–H groups in total. The number of amides is 2. The third-order valence-corrected chi connectivity index (χ3v) is 13.5. The van der Waals surface area contributed by atoms with Crippen LogP contribution in [0.25, 0.3) is 0 Å². The fourth-order valence-corrected chi connectivity index (χ4v) is 11.0. The van der Waals surface area contributed by atoms with Crippen LogP contribution in [0.2, 0.25) is 0 Å². The van der Waals surface area contributed by atoms with Gasteiger partial charge in [-0.1, -0.05) is 32.4 Å². The van der Waals surface area contributed by atoms with E-state index in [4.69, 9.17) is 4.74 Å². The maximum atomic E-state index is 13.3. The molecule has 6 rings (SSSR count). The molecule has 3 saturated carbocycles. The summed E-state index contributed by atoms with van der Waals surface area (Å²) in [6.45, 7) is 14.1. The van der Waals surface area contributed by atoms with E-state index in [1.807, 2.05) is 18.7 Å². The van der Waals surface area contributed by atoms with Gasteiger partial charge in [0.15, 0.2) is 0 Å². The molecule has 230 valence electrons. The van der Waals surface area contributed by atoms with Gasteiger partial charge in [-0.15, -0.1) is 0 Å². The lowest BCUT2D eigenvalue weighted by molar-refractivity contribution is -0.170. The molecule has 8 atom stereocenters. The predicted octanol–water partition coefficient (Wildman–Crippen LogP) is 5.97. The normalized spacial score (nSPS) is 41.8. The number of ether oxygens (including phenoxy) is 1. The van der Waals surface area contributed by atoms with Crippen molar-refractivity contribution in [3.63, 3.8) is 0 Å². The van der Waals surface area contributed by atoms with Gasteiger partial charge in [0.2, 0.25) is 5.91 Å². The van der Waals surface area contributed by atoms with Gasteiger partial charge in [0.05, 0.1) is 12.7 Å². The van der Waals surface area contributed by atoms with Crippen molar-refractivity contribution in [2.75, 3.05) is 26.2 Å². The molecule has 5 fully saturated rings. The predicted molar refractivity (Wildman–Crippen MR) is 161 cm³/mol. The van der Waals surface area contributed by atoms with E-state index in [9.17, 15) is 14.7 Å². The Bertz CT molecular complexity index is 1050. The Labute approximate surface area is 248 Å². The van der Waals surface area contributed by atoms with E-state index < -0.39 is 5.60 Å². The number of carbonyl (C=O) groups is 2. The van der Waals surface area contributed by atoms with Crippen LogP contribution in [0.4, 0.5) is 0 Å². The van der Waals surface area contributed by atoms with Gasteiger partial charge in [0.25, 0.3) is 5.91 Å². The third kappa shape index (κ3) is 5.11. The Balaban J connectivity index is 1.02. The Morgan fingerprint density at radius 1 is 1.02 bits per heavy atom. The number of hydrogen-bond acceptors (Lipinski definition) is 4.